The summed E-state index contributed by atoms with van der Waals surface area (Å²) < 4.78 is 36.0. The molecule has 0 saturated heterocycles. The summed E-state index contributed by atoms with van der Waals surface area (Å²) in [6.45, 7) is 1.64. The third kappa shape index (κ3) is 2.89. The molecule has 0 atom stereocenters. The molecule has 6 heteroatoms. The number of carbonyl (C=O) groups is 1. The van der Waals surface area contributed by atoms with Crippen LogP contribution in [0.3, 0.4) is 0 Å². The molecule has 2 N–H and O–H groups in total. The third-order valence-electron chi connectivity index (χ3n) is 1.39. The average molecular weight is 195 g/mol. The number of nitrogens with one attached hydrogen (secondary N) is 1. The highest BCUT2D eigenvalue weighted by Gasteiger charge is 2.35. The van der Waals surface area contributed by atoms with Crippen LogP contribution >= 0.6 is 0 Å². The Morgan fingerprint density at radius 3 is 1.77 bits per heavy atom. The predicted molar refractivity (Wildman–Crippen MR) is 39.8 cm³/mol. The lowest BCUT2D eigenvalue weighted by Crippen LogP contribution is -2.19. The van der Waals surface area contributed by atoms with Gasteiger partial charge in [-0.1, -0.05) is 0 Å². The lowest BCUT2D eigenvalue weighted by Gasteiger charge is -2.10. The van der Waals surface area contributed by atoms with Gasteiger partial charge < -0.3 is 10.5 Å². The Hall–Kier alpha value is -1.33. The average Bonchev–Trinajstić information content (AvgIpc) is 1.82. The maximum Gasteiger partial charge on any atom is 0.413 e. The minimum absolute atomic E-state index is 0.609. The molecule has 74 valence electrons. The van der Waals surface area contributed by atoms with E-state index in [1.165, 1.54) is 0 Å². The third-order valence-corrected chi connectivity index (χ3v) is 1.39. The van der Waals surface area contributed by atoms with Gasteiger partial charge in [-0.15, -0.1) is 0 Å². The first kappa shape index (κ1) is 11.7. The topological polar surface area (TPSA) is 61.2 Å². The van der Waals surface area contributed by atoms with E-state index in [0.29, 0.717) is 6.92 Å². The number of hydrogen-bond acceptors (Lipinski definition) is 2. The molecule has 3 nitrogen and oxygen atoms in total. The van der Waals surface area contributed by atoms with E-state index in [0.717, 1.165) is 6.92 Å². The van der Waals surface area contributed by atoms with E-state index in [2.05, 4.69) is 0 Å². The van der Waals surface area contributed by atoms with E-state index in [4.69, 9.17) is 10.5 Å². The first-order chi connectivity index (χ1) is 5.68. The van der Waals surface area contributed by atoms with Gasteiger partial charge in [-0.2, -0.15) is 13.2 Å². The number of alkyl halides is 3. The molecular formula is C7H8F3NO2. The fourth-order valence-electron chi connectivity index (χ4n) is 0.744. The van der Waals surface area contributed by atoms with E-state index >= 15 is 0 Å². The number of hydrogen-bond donors (Lipinski definition) is 2. The van der Waals surface area contributed by atoms with Crippen molar-refractivity contribution >= 4 is 11.7 Å². The molecule has 0 unspecified atom stereocenters. The van der Waals surface area contributed by atoms with Crippen molar-refractivity contribution in [2.45, 2.75) is 20.0 Å². The van der Waals surface area contributed by atoms with E-state index in [-0.39, 0.29) is 0 Å². The Morgan fingerprint density at radius 1 is 1.31 bits per heavy atom. The zero-order valence-corrected chi connectivity index (χ0v) is 6.99. The summed E-state index contributed by atoms with van der Waals surface area (Å²) in [7, 11) is 0. The van der Waals surface area contributed by atoms with Crippen LogP contribution in [-0.4, -0.2) is 23.0 Å². The molecule has 0 fully saturated rings. The van der Waals surface area contributed by atoms with Gasteiger partial charge in [-0.05, 0) is 13.8 Å². The summed E-state index contributed by atoms with van der Waals surface area (Å²) in [5.41, 5.74) is -2.86. The van der Waals surface area contributed by atoms with Gasteiger partial charge in [0, 0.05) is 11.3 Å². The summed E-state index contributed by atoms with van der Waals surface area (Å²) in [5.74, 6) is -1.73. The smallest absolute Gasteiger partial charge is 0.413 e. The van der Waals surface area contributed by atoms with E-state index < -0.39 is 29.0 Å². The van der Waals surface area contributed by atoms with Gasteiger partial charge in [0.15, 0.2) is 0 Å². The molecular weight excluding hydrogens is 187 g/mol. The number of halogens is 3. The second kappa shape index (κ2) is 3.59. The fraction of sp³-hybridized carbons (Fsp3) is 0.429. The molecule has 0 aliphatic carbocycles. The first-order valence-electron chi connectivity index (χ1n) is 3.24. The highest BCUT2D eigenvalue weighted by molar-refractivity contribution is 6.17. The summed E-state index contributed by atoms with van der Waals surface area (Å²) in [4.78, 5) is 10.3. The lowest BCUT2D eigenvalue weighted by atomic mass is 10.1. The van der Waals surface area contributed by atoms with Crippen LogP contribution in [0.2, 0.25) is 0 Å². The molecule has 0 spiro atoms. The van der Waals surface area contributed by atoms with Crippen LogP contribution < -0.4 is 0 Å². The molecule has 0 rings (SSSR count). The molecule has 0 heterocycles. The van der Waals surface area contributed by atoms with Crippen molar-refractivity contribution in [1.29, 1.82) is 5.41 Å². The molecule has 0 aromatic rings. The van der Waals surface area contributed by atoms with Gasteiger partial charge >= 0.3 is 12.1 Å². The van der Waals surface area contributed by atoms with Gasteiger partial charge in [0.25, 0.3) is 0 Å². The Bertz CT molecular complexity index is 262. The molecule has 0 saturated carbocycles. The van der Waals surface area contributed by atoms with Crippen LogP contribution in [0.1, 0.15) is 13.8 Å². The van der Waals surface area contributed by atoms with Crippen LogP contribution in [0.25, 0.3) is 0 Å². The van der Waals surface area contributed by atoms with Gasteiger partial charge in [0.05, 0.1) is 5.57 Å². The number of carboxylic acids is 1. The standard InChI is InChI=1S/C7H8F3NO2/c1-3(7(8,9)10)5(4(2)11)6(12)13/h11H,1-2H3,(H,12,13)/b5-3-,11-4?. The van der Waals surface area contributed by atoms with Crippen LogP contribution in [-0.2, 0) is 4.79 Å². The summed E-state index contributed by atoms with van der Waals surface area (Å²) in [6, 6.07) is 0. The van der Waals surface area contributed by atoms with Crippen LogP contribution in [0.5, 0.6) is 0 Å². The fourth-order valence-corrected chi connectivity index (χ4v) is 0.744. The lowest BCUT2D eigenvalue weighted by molar-refractivity contribution is -0.133. The summed E-state index contributed by atoms with van der Waals surface area (Å²) >= 11 is 0. The summed E-state index contributed by atoms with van der Waals surface area (Å²) in [6.07, 6.45) is -4.70. The highest BCUT2D eigenvalue weighted by atomic mass is 19.4. The van der Waals surface area contributed by atoms with Crippen molar-refractivity contribution in [3.63, 3.8) is 0 Å². The second-order valence-electron chi connectivity index (χ2n) is 2.43. The molecule has 0 aromatic heterocycles. The maximum atomic E-state index is 12.0. The van der Waals surface area contributed by atoms with Crippen molar-refractivity contribution in [2.24, 2.45) is 0 Å². The second-order valence-corrected chi connectivity index (χ2v) is 2.43. The number of rotatable bonds is 2. The van der Waals surface area contributed by atoms with Crippen molar-refractivity contribution in [2.75, 3.05) is 0 Å². The van der Waals surface area contributed by atoms with Gasteiger partial charge in [-0.25, -0.2) is 4.79 Å². The Balaban J connectivity index is 5.36. The van der Waals surface area contributed by atoms with Crippen LogP contribution in [0, 0.1) is 5.41 Å². The number of allylic oxidation sites excluding steroid dienone is 1. The van der Waals surface area contributed by atoms with E-state index in [9.17, 15) is 18.0 Å². The number of aliphatic carboxylic acids is 1. The first-order valence-corrected chi connectivity index (χ1v) is 3.24. The monoisotopic (exact) mass is 195 g/mol. The minimum atomic E-state index is -4.70. The molecule has 0 radical (unpaired) electrons. The van der Waals surface area contributed by atoms with E-state index in [1.54, 1.807) is 0 Å². The zero-order valence-electron chi connectivity index (χ0n) is 6.99. The molecule has 0 aliphatic heterocycles. The van der Waals surface area contributed by atoms with Crippen LogP contribution in [0.4, 0.5) is 13.2 Å². The minimum Gasteiger partial charge on any atom is -0.478 e. The largest absolute Gasteiger partial charge is 0.478 e. The van der Waals surface area contributed by atoms with Crippen molar-refractivity contribution in [3.05, 3.63) is 11.1 Å². The Morgan fingerprint density at radius 2 is 1.69 bits per heavy atom. The normalized spacial score (nSPS) is 13.6. The van der Waals surface area contributed by atoms with Crippen molar-refractivity contribution < 1.29 is 23.1 Å². The Labute approximate surface area is 72.4 Å². The molecule has 0 aliphatic rings. The van der Waals surface area contributed by atoms with Crippen molar-refractivity contribution in [3.8, 4) is 0 Å². The molecule has 0 amide bonds. The zero-order chi connectivity index (χ0) is 10.8. The van der Waals surface area contributed by atoms with Gasteiger partial charge in [0.2, 0.25) is 0 Å². The number of carboxylic acid groups (broad SMARTS) is 1. The van der Waals surface area contributed by atoms with Gasteiger partial charge in [0.1, 0.15) is 0 Å². The van der Waals surface area contributed by atoms with Crippen molar-refractivity contribution in [1.82, 2.24) is 0 Å². The van der Waals surface area contributed by atoms with E-state index in [1.807, 2.05) is 0 Å². The molecule has 0 aromatic carbocycles. The summed E-state index contributed by atoms with van der Waals surface area (Å²) in [5, 5.41) is 15.2. The predicted octanol–water partition coefficient (Wildman–Crippen LogP) is 1.99. The highest BCUT2D eigenvalue weighted by Crippen LogP contribution is 2.28. The molecule has 0 bridgehead atoms. The SMILES string of the molecule is CC(=N)/C(C(=O)O)=C(\C)C(F)(F)F. The Kier molecular flexibility index (Phi) is 3.22. The van der Waals surface area contributed by atoms with Gasteiger partial charge in [-0.3, -0.25) is 0 Å². The van der Waals surface area contributed by atoms with Crippen LogP contribution in [0.15, 0.2) is 11.1 Å². The maximum absolute atomic E-state index is 12.0. The quantitative estimate of drug-likeness (QED) is 0.522. The molecule has 13 heavy (non-hydrogen) atoms.